The molecule has 2 fully saturated rings. The van der Waals surface area contributed by atoms with Crippen molar-refractivity contribution in [2.75, 3.05) is 0 Å². The van der Waals surface area contributed by atoms with Gasteiger partial charge in [-0.05, 0) is 49.7 Å². The van der Waals surface area contributed by atoms with Gasteiger partial charge in [-0.15, -0.1) is 0 Å². The number of nitrogens with one attached hydrogen (secondary N) is 2. The van der Waals surface area contributed by atoms with Gasteiger partial charge >= 0.3 is 11.9 Å². The van der Waals surface area contributed by atoms with Crippen LogP contribution in [0.1, 0.15) is 61.7 Å². The lowest BCUT2D eigenvalue weighted by molar-refractivity contribution is -0.141. The molecule has 6 heteroatoms. The highest BCUT2D eigenvalue weighted by Gasteiger charge is 2.27. The maximum atomic E-state index is 10.9. The number of rotatable bonds is 4. The summed E-state index contributed by atoms with van der Waals surface area (Å²) in [6.07, 6.45) is 5.46. The SMILES string of the molecule is O=C(O)[C@@H]1CCC[C@H](c2ccccc2)N1.O=C(O)[C@H]1CCC[C@@H](c2ccccc2)N1. The molecule has 0 amide bonds. The summed E-state index contributed by atoms with van der Waals surface area (Å²) in [6, 6.07) is 19.7. The summed E-state index contributed by atoms with van der Waals surface area (Å²) in [5.41, 5.74) is 2.37. The lowest BCUT2D eigenvalue weighted by Gasteiger charge is -2.28. The normalized spacial score (nSPS) is 26.1. The van der Waals surface area contributed by atoms with Crippen LogP contribution in [0.3, 0.4) is 0 Å². The van der Waals surface area contributed by atoms with Gasteiger partial charge in [0.2, 0.25) is 0 Å². The molecule has 6 nitrogen and oxygen atoms in total. The van der Waals surface area contributed by atoms with E-state index < -0.39 is 11.9 Å². The fraction of sp³-hybridized carbons (Fsp3) is 0.417. The van der Waals surface area contributed by atoms with Gasteiger partial charge in [-0.25, -0.2) is 0 Å². The number of benzene rings is 2. The second-order valence-electron chi connectivity index (χ2n) is 7.90. The van der Waals surface area contributed by atoms with Crippen molar-refractivity contribution in [3.05, 3.63) is 71.8 Å². The molecule has 0 aliphatic carbocycles. The molecule has 0 spiro atoms. The van der Waals surface area contributed by atoms with Crippen molar-refractivity contribution in [1.82, 2.24) is 10.6 Å². The number of carbonyl (C=O) groups is 2. The van der Waals surface area contributed by atoms with Crippen molar-refractivity contribution < 1.29 is 19.8 Å². The Morgan fingerprint density at radius 1 is 0.633 bits per heavy atom. The molecule has 2 heterocycles. The van der Waals surface area contributed by atoms with E-state index in [-0.39, 0.29) is 24.2 Å². The predicted octanol–water partition coefficient (Wildman–Crippen LogP) is 3.91. The van der Waals surface area contributed by atoms with Gasteiger partial charge in [-0.2, -0.15) is 0 Å². The molecular formula is C24H30N2O4. The van der Waals surface area contributed by atoms with Gasteiger partial charge < -0.3 is 10.2 Å². The largest absolute Gasteiger partial charge is 0.480 e. The molecule has 0 unspecified atom stereocenters. The molecule has 0 radical (unpaired) electrons. The minimum atomic E-state index is -0.740. The molecule has 4 rings (SSSR count). The van der Waals surface area contributed by atoms with Gasteiger partial charge in [0, 0.05) is 12.1 Å². The van der Waals surface area contributed by atoms with Crippen molar-refractivity contribution in [3.63, 3.8) is 0 Å². The van der Waals surface area contributed by atoms with Gasteiger partial charge in [-0.1, -0.05) is 60.7 Å². The molecule has 4 atom stereocenters. The quantitative estimate of drug-likeness (QED) is 0.610. The van der Waals surface area contributed by atoms with Gasteiger partial charge in [0.1, 0.15) is 12.1 Å². The molecule has 0 saturated carbocycles. The highest BCUT2D eigenvalue weighted by atomic mass is 16.4. The standard InChI is InChI=1S/2C12H15NO2/c2*14-12(15)11-8-4-7-10(13-11)9-5-2-1-3-6-9/h2*1-3,5-6,10-11,13H,4,7-8H2,(H,14,15)/t2*10-,11+/m10/s1. The zero-order valence-electron chi connectivity index (χ0n) is 17.0. The zero-order chi connectivity index (χ0) is 21.3. The highest BCUT2D eigenvalue weighted by molar-refractivity contribution is 5.74. The number of hydrogen-bond donors (Lipinski definition) is 4. The molecule has 4 N–H and O–H groups in total. The molecule has 2 saturated heterocycles. The average molecular weight is 411 g/mol. The first-order valence-corrected chi connectivity index (χ1v) is 10.6. The third kappa shape index (κ3) is 6.15. The van der Waals surface area contributed by atoms with E-state index in [1.165, 1.54) is 11.1 Å². The summed E-state index contributed by atoms with van der Waals surface area (Å²) in [5.74, 6) is -1.48. The van der Waals surface area contributed by atoms with Crippen LogP contribution in [0.5, 0.6) is 0 Å². The van der Waals surface area contributed by atoms with E-state index in [0.29, 0.717) is 0 Å². The van der Waals surface area contributed by atoms with E-state index in [1.54, 1.807) is 0 Å². The monoisotopic (exact) mass is 410 g/mol. The van der Waals surface area contributed by atoms with Crippen molar-refractivity contribution in [1.29, 1.82) is 0 Å². The first kappa shape index (κ1) is 22.0. The Bertz CT molecular complexity index is 743. The zero-order valence-corrected chi connectivity index (χ0v) is 17.0. The van der Waals surface area contributed by atoms with E-state index in [4.69, 9.17) is 10.2 Å². The van der Waals surface area contributed by atoms with Crippen LogP contribution in [0.25, 0.3) is 0 Å². The van der Waals surface area contributed by atoms with Crippen molar-refractivity contribution >= 4 is 11.9 Å². The van der Waals surface area contributed by atoms with E-state index in [2.05, 4.69) is 10.6 Å². The number of aliphatic carboxylic acids is 2. The van der Waals surface area contributed by atoms with Crippen LogP contribution in [0.2, 0.25) is 0 Å². The first-order valence-electron chi connectivity index (χ1n) is 10.6. The Kier molecular flexibility index (Phi) is 7.99. The number of carboxylic acids is 2. The van der Waals surface area contributed by atoms with Crippen LogP contribution in [0.4, 0.5) is 0 Å². The number of piperidine rings is 2. The Hall–Kier alpha value is -2.70. The predicted molar refractivity (Wildman–Crippen MR) is 115 cm³/mol. The van der Waals surface area contributed by atoms with Gasteiger partial charge in [0.05, 0.1) is 0 Å². The Balaban J connectivity index is 0.000000171. The number of hydrogen-bond acceptors (Lipinski definition) is 4. The second kappa shape index (κ2) is 10.9. The Morgan fingerprint density at radius 3 is 1.33 bits per heavy atom. The van der Waals surface area contributed by atoms with E-state index >= 15 is 0 Å². The first-order chi connectivity index (χ1) is 14.5. The van der Waals surface area contributed by atoms with E-state index in [0.717, 1.165) is 38.5 Å². The highest BCUT2D eigenvalue weighted by Crippen LogP contribution is 2.26. The minimum Gasteiger partial charge on any atom is -0.480 e. The van der Waals surface area contributed by atoms with Crippen LogP contribution in [-0.2, 0) is 9.59 Å². The maximum absolute atomic E-state index is 10.9. The molecule has 30 heavy (non-hydrogen) atoms. The molecular weight excluding hydrogens is 380 g/mol. The molecule has 160 valence electrons. The topological polar surface area (TPSA) is 98.7 Å². The third-order valence-corrected chi connectivity index (χ3v) is 5.78. The lowest BCUT2D eigenvalue weighted by Crippen LogP contribution is -2.42. The summed E-state index contributed by atoms with van der Waals surface area (Å²) in [7, 11) is 0. The lowest BCUT2D eigenvalue weighted by atomic mass is 9.93. The van der Waals surface area contributed by atoms with Crippen molar-refractivity contribution in [2.24, 2.45) is 0 Å². The fourth-order valence-corrected chi connectivity index (χ4v) is 4.16. The molecule has 2 aromatic carbocycles. The Labute approximate surface area is 177 Å². The summed E-state index contributed by atoms with van der Waals surface area (Å²) >= 11 is 0. The van der Waals surface area contributed by atoms with Crippen LogP contribution in [0.15, 0.2) is 60.7 Å². The molecule has 2 aromatic rings. The summed E-state index contributed by atoms with van der Waals surface area (Å²) in [5, 5.41) is 24.2. The van der Waals surface area contributed by atoms with Crippen LogP contribution in [0, 0.1) is 0 Å². The van der Waals surface area contributed by atoms with Crippen molar-refractivity contribution in [2.45, 2.75) is 62.7 Å². The fourth-order valence-electron chi connectivity index (χ4n) is 4.16. The molecule has 0 aromatic heterocycles. The van der Waals surface area contributed by atoms with Gasteiger partial charge in [0.15, 0.2) is 0 Å². The van der Waals surface area contributed by atoms with Crippen LogP contribution < -0.4 is 10.6 Å². The summed E-state index contributed by atoms with van der Waals surface area (Å²) in [6.45, 7) is 0. The average Bonchev–Trinajstić information content (AvgIpc) is 2.81. The third-order valence-electron chi connectivity index (χ3n) is 5.78. The van der Waals surface area contributed by atoms with E-state index in [9.17, 15) is 9.59 Å². The smallest absolute Gasteiger partial charge is 0.320 e. The number of carboxylic acid groups (broad SMARTS) is 2. The minimum absolute atomic E-state index is 0.195. The molecule has 0 bridgehead atoms. The molecule has 2 aliphatic rings. The van der Waals surface area contributed by atoms with Gasteiger partial charge in [-0.3, -0.25) is 20.2 Å². The second-order valence-corrected chi connectivity index (χ2v) is 7.90. The van der Waals surface area contributed by atoms with Crippen molar-refractivity contribution in [3.8, 4) is 0 Å². The van der Waals surface area contributed by atoms with Crippen LogP contribution in [-0.4, -0.2) is 34.2 Å². The Morgan fingerprint density at radius 2 is 1.00 bits per heavy atom. The maximum Gasteiger partial charge on any atom is 0.320 e. The van der Waals surface area contributed by atoms with Gasteiger partial charge in [0.25, 0.3) is 0 Å². The van der Waals surface area contributed by atoms with E-state index in [1.807, 2.05) is 60.7 Å². The van der Waals surface area contributed by atoms with Crippen LogP contribution >= 0.6 is 0 Å². The summed E-state index contributed by atoms with van der Waals surface area (Å²) in [4.78, 5) is 21.7. The molecule has 2 aliphatic heterocycles. The summed E-state index contributed by atoms with van der Waals surface area (Å²) < 4.78 is 0.